The fraction of sp³-hybridized carbons (Fsp3) is 0.0500. The van der Waals surface area contributed by atoms with Crippen molar-refractivity contribution in [2.75, 3.05) is 7.11 Å². The van der Waals surface area contributed by atoms with E-state index in [4.69, 9.17) is 4.74 Å². The molecular formula is C20H16BrNO3. The zero-order chi connectivity index (χ0) is 17.8. The zero-order valence-electron chi connectivity index (χ0n) is 13.5. The maximum atomic E-state index is 10.2. The Morgan fingerprint density at radius 1 is 0.960 bits per heavy atom. The van der Waals surface area contributed by atoms with E-state index in [-0.39, 0.29) is 11.5 Å². The van der Waals surface area contributed by atoms with Crippen LogP contribution in [0, 0.1) is 0 Å². The van der Waals surface area contributed by atoms with Gasteiger partial charge in [-0.1, -0.05) is 36.4 Å². The Labute approximate surface area is 154 Å². The molecule has 3 aromatic rings. The molecule has 0 saturated carbocycles. The molecule has 0 bridgehead atoms. The Hall–Kier alpha value is -2.79. The van der Waals surface area contributed by atoms with Crippen LogP contribution in [0.15, 0.2) is 70.1 Å². The summed E-state index contributed by atoms with van der Waals surface area (Å²) >= 11 is 3.38. The third kappa shape index (κ3) is 3.67. The Morgan fingerprint density at radius 3 is 2.44 bits per heavy atom. The van der Waals surface area contributed by atoms with Gasteiger partial charge in [0.1, 0.15) is 11.4 Å². The van der Waals surface area contributed by atoms with Gasteiger partial charge in [0.2, 0.25) is 0 Å². The zero-order valence-corrected chi connectivity index (χ0v) is 15.1. The lowest BCUT2D eigenvalue weighted by atomic mass is 10.0. The molecule has 0 aliphatic rings. The smallest absolute Gasteiger partial charge is 0.167 e. The molecule has 5 heteroatoms. The quantitative estimate of drug-likeness (QED) is 0.588. The van der Waals surface area contributed by atoms with E-state index in [0.29, 0.717) is 21.5 Å². The van der Waals surface area contributed by atoms with Gasteiger partial charge in [-0.2, -0.15) is 0 Å². The molecule has 2 N–H and O–H groups in total. The second kappa shape index (κ2) is 7.40. The number of aliphatic imine (C=N–C) groups is 1. The van der Waals surface area contributed by atoms with Crippen LogP contribution in [-0.4, -0.2) is 23.5 Å². The first-order chi connectivity index (χ1) is 12.1. The largest absolute Gasteiger partial charge is 0.506 e. The van der Waals surface area contributed by atoms with E-state index in [1.54, 1.807) is 24.3 Å². The van der Waals surface area contributed by atoms with Crippen molar-refractivity contribution in [3.63, 3.8) is 0 Å². The number of aromatic hydroxyl groups is 2. The van der Waals surface area contributed by atoms with Crippen LogP contribution < -0.4 is 4.74 Å². The van der Waals surface area contributed by atoms with Crippen molar-refractivity contribution in [1.82, 2.24) is 0 Å². The first-order valence-corrected chi connectivity index (χ1v) is 8.37. The first kappa shape index (κ1) is 17.0. The van der Waals surface area contributed by atoms with Gasteiger partial charge in [0.05, 0.1) is 12.7 Å². The minimum absolute atomic E-state index is 0.0145. The number of ether oxygens (including phenoxy) is 1. The maximum absolute atomic E-state index is 10.2. The number of hydrogen-bond donors (Lipinski definition) is 2. The van der Waals surface area contributed by atoms with E-state index in [1.807, 2.05) is 36.4 Å². The van der Waals surface area contributed by atoms with Gasteiger partial charge >= 0.3 is 0 Å². The fourth-order valence-corrected chi connectivity index (χ4v) is 2.84. The Morgan fingerprint density at radius 2 is 1.72 bits per heavy atom. The van der Waals surface area contributed by atoms with Crippen LogP contribution in [0.2, 0.25) is 0 Å². The van der Waals surface area contributed by atoms with Crippen LogP contribution in [0.3, 0.4) is 0 Å². The van der Waals surface area contributed by atoms with Gasteiger partial charge in [0.15, 0.2) is 11.5 Å². The van der Waals surface area contributed by atoms with Gasteiger partial charge < -0.3 is 14.9 Å². The van der Waals surface area contributed by atoms with Gasteiger partial charge in [-0.3, -0.25) is 4.99 Å². The van der Waals surface area contributed by atoms with E-state index >= 15 is 0 Å². The summed E-state index contributed by atoms with van der Waals surface area (Å²) in [5.74, 6) is 0.403. The van der Waals surface area contributed by atoms with Crippen molar-refractivity contribution in [2.24, 2.45) is 4.99 Å². The topological polar surface area (TPSA) is 62.0 Å². The minimum Gasteiger partial charge on any atom is -0.506 e. The van der Waals surface area contributed by atoms with Gasteiger partial charge in [0.25, 0.3) is 0 Å². The molecule has 126 valence electrons. The average molecular weight is 398 g/mol. The predicted octanol–water partition coefficient (Wildman–Crippen LogP) is 5.29. The summed E-state index contributed by atoms with van der Waals surface area (Å²) in [5, 5.41) is 20.3. The number of nitrogens with zero attached hydrogens (tertiary/aromatic N) is 1. The fourth-order valence-electron chi connectivity index (χ4n) is 2.42. The minimum atomic E-state index is -0.0145. The molecule has 0 aromatic heterocycles. The monoisotopic (exact) mass is 397 g/mol. The van der Waals surface area contributed by atoms with Crippen LogP contribution in [0.5, 0.6) is 17.2 Å². The summed E-state index contributed by atoms with van der Waals surface area (Å²) in [7, 11) is 1.49. The summed E-state index contributed by atoms with van der Waals surface area (Å²) < 4.78 is 5.79. The third-order valence-electron chi connectivity index (χ3n) is 3.76. The number of phenolic OH excluding ortho intramolecular Hbond substituents is 2. The normalized spacial score (nSPS) is 11.0. The molecule has 3 rings (SSSR count). The molecule has 0 atom stereocenters. The van der Waals surface area contributed by atoms with Crippen LogP contribution in [0.25, 0.3) is 11.1 Å². The molecular weight excluding hydrogens is 382 g/mol. The molecule has 0 heterocycles. The second-order valence-corrected chi connectivity index (χ2v) is 6.19. The van der Waals surface area contributed by atoms with E-state index in [2.05, 4.69) is 20.9 Å². The molecule has 0 aliphatic carbocycles. The van der Waals surface area contributed by atoms with Crippen LogP contribution >= 0.6 is 15.9 Å². The number of halogens is 1. The SMILES string of the molecule is COc1ccc(Br)c(C=Nc2cc(-c3ccccc3)ccc2O)c1O. The highest BCUT2D eigenvalue weighted by atomic mass is 79.9. The maximum Gasteiger partial charge on any atom is 0.167 e. The predicted molar refractivity (Wildman–Crippen MR) is 103 cm³/mol. The molecule has 0 spiro atoms. The average Bonchev–Trinajstić information content (AvgIpc) is 2.64. The van der Waals surface area contributed by atoms with Gasteiger partial charge in [0, 0.05) is 10.7 Å². The van der Waals surface area contributed by atoms with Crippen molar-refractivity contribution >= 4 is 27.8 Å². The highest BCUT2D eigenvalue weighted by molar-refractivity contribution is 9.10. The summed E-state index contributed by atoms with van der Waals surface area (Å²) in [6.45, 7) is 0. The number of phenols is 2. The van der Waals surface area contributed by atoms with E-state index in [1.165, 1.54) is 13.3 Å². The molecule has 0 radical (unpaired) electrons. The second-order valence-electron chi connectivity index (χ2n) is 5.34. The summed E-state index contributed by atoms with van der Waals surface area (Å²) in [6, 6.07) is 18.5. The molecule has 0 unspecified atom stereocenters. The lowest BCUT2D eigenvalue weighted by Crippen LogP contribution is -1.90. The molecule has 0 amide bonds. The van der Waals surface area contributed by atoms with Crippen LogP contribution in [0.4, 0.5) is 5.69 Å². The molecule has 3 aromatic carbocycles. The van der Waals surface area contributed by atoms with Crippen LogP contribution in [0.1, 0.15) is 5.56 Å². The summed E-state index contributed by atoms with van der Waals surface area (Å²) in [6.07, 6.45) is 1.49. The van der Waals surface area contributed by atoms with E-state index in [9.17, 15) is 10.2 Å². The first-order valence-electron chi connectivity index (χ1n) is 7.58. The molecule has 4 nitrogen and oxygen atoms in total. The van der Waals surface area contributed by atoms with Crippen molar-refractivity contribution in [3.8, 4) is 28.4 Å². The highest BCUT2D eigenvalue weighted by Gasteiger charge is 2.10. The van der Waals surface area contributed by atoms with Crippen molar-refractivity contribution in [2.45, 2.75) is 0 Å². The Balaban J connectivity index is 2.00. The number of hydrogen-bond acceptors (Lipinski definition) is 4. The number of methoxy groups -OCH3 is 1. The van der Waals surface area contributed by atoms with Crippen molar-refractivity contribution in [1.29, 1.82) is 0 Å². The summed E-state index contributed by atoms with van der Waals surface area (Å²) in [5.41, 5.74) is 2.86. The Kier molecular flexibility index (Phi) is 5.05. The Bertz CT molecular complexity index is 924. The van der Waals surface area contributed by atoms with E-state index < -0.39 is 0 Å². The number of rotatable bonds is 4. The third-order valence-corrected chi connectivity index (χ3v) is 4.45. The molecule has 0 fully saturated rings. The lowest BCUT2D eigenvalue weighted by molar-refractivity contribution is 0.373. The van der Waals surface area contributed by atoms with E-state index in [0.717, 1.165) is 11.1 Å². The van der Waals surface area contributed by atoms with Crippen LogP contribution in [-0.2, 0) is 0 Å². The molecule has 0 aliphatic heterocycles. The lowest BCUT2D eigenvalue weighted by Gasteiger charge is -2.08. The summed E-state index contributed by atoms with van der Waals surface area (Å²) in [4.78, 5) is 4.34. The highest BCUT2D eigenvalue weighted by Crippen LogP contribution is 2.36. The van der Waals surface area contributed by atoms with Gasteiger partial charge in [-0.05, 0) is 51.3 Å². The van der Waals surface area contributed by atoms with Gasteiger partial charge in [-0.25, -0.2) is 0 Å². The number of benzene rings is 3. The van der Waals surface area contributed by atoms with Crippen molar-refractivity contribution in [3.05, 3.63) is 70.7 Å². The van der Waals surface area contributed by atoms with Gasteiger partial charge in [-0.15, -0.1) is 0 Å². The molecule has 0 saturated heterocycles. The molecule has 25 heavy (non-hydrogen) atoms. The standard InChI is InChI=1S/C20H16BrNO3/c1-25-19-10-8-16(21)15(20(19)24)12-22-17-11-14(7-9-18(17)23)13-5-3-2-4-6-13/h2-12,23-24H,1H3. The van der Waals surface area contributed by atoms with Crippen molar-refractivity contribution < 1.29 is 14.9 Å².